The van der Waals surface area contributed by atoms with E-state index in [4.69, 9.17) is 32.7 Å². The highest BCUT2D eigenvalue weighted by Crippen LogP contribution is 2.27. The Labute approximate surface area is 271 Å². The summed E-state index contributed by atoms with van der Waals surface area (Å²) in [5.41, 5.74) is 1.09. The number of carboxylic acids is 1. The molecule has 0 heterocycles. The summed E-state index contributed by atoms with van der Waals surface area (Å²) in [5, 5.41) is 13.7. The molecule has 9 heteroatoms. The van der Waals surface area contributed by atoms with E-state index >= 15 is 0 Å². The highest BCUT2D eigenvalue weighted by molar-refractivity contribution is 6.42. The number of aliphatic carboxylic acids is 1. The van der Waals surface area contributed by atoms with Crippen LogP contribution in [0, 0.1) is 0 Å². The predicted molar refractivity (Wildman–Crippen MR) is 179 cm³/mol. The summed E-state index contributed by atoms with van der Waals surface area (Å²) in [5.74, 6) is 0.473. The van der Waals surface area contributed by atoms with Crippen LogP contribution in [-0.4, -0.2) is 47.3 Å². The van der Waals surface area contributed by atoms with Gasteiger partial charge in [0.05, 0.1) is 16.6 Å². The molecule has 44 heavy (non-hydrogen) atoms. The minimum atomic E-state index is -1.44. The van der Waals surface area contributed by atoms with Gasteiger partial charge < -0.3 is 24.8 Å². The zero-order valence-electron chi connectivity index (χ0n) is 26.1. The lowest BCUT2D eigenvalue weighted by atomic mass is 9.96. The van der Waals surface area contributed by atoms with Crippen molar-refractivity contribution in [2.45, 2.75) is 77.7 Å². The van der Waals surface area contributed by atoms with Crippen molar-refractivity contribution in [1.29, 1.82) is 0 Å². The monoisotopic (exact) mass is 642 g/mol. The maximum atomic E-state index is 13.1. The molecule has 3 aromatic carbocycles. The molecule has 0 aliphatic carbocycles. The molecule has 0 bridgehead atoms. The third-order valence-electron chi connectivity index (χ3n) is 7.43. The van der Waals surface area contributed by atoms with Crippen molar-refractivity contribution in [1.82, 2.24) is 4.90 Å². The van der Waals surface area contributed by atoms with Gasteiger partial charge in [-0.15, -0.1) is 0 Å². The van der Waals surface area contributed by atoms with Gasteiger partial charge >= 0.3 is 12.0 Å². The summed E-state index contributed by atoms with van der Waals surface area (Å²) < 4.78 is 11.9. The number of ether oxygens (including phenoxy) is 2. The molecule has 7 nitrogen and oxygen atoms in total. The van der Waals surface area contributed by atoms with Crippen LogP contribution in [0.1, 0.15) is 76.8 Å². The van der Waals surface area contributed by atoms with E-state index in [-0.39, 0.29) is 12.5 Å². The fourth-order valence-electron chi connectivity index (χ4n) is 4.70. The molecule has 238 valence electrons. The van der Waals surface area contributed by atoms with E-state index in [2.05, 4.69) is 26.1 Å². The number of nitrogens with one attached hydrogen (secondary N) is 1. The van der Waals surface area contributed by atoms with Gasteiger partial charge in [-0.05, 0) is 72.9 Å². The highest BCUT2D eigenvalue weighted by atomic mass is 35.5. The fraction of sp³-hybridized carbons (Fsp3) is 0.429. The molecule has 2 amide bonds. The Hall–Kier alpha value is -3.42. The number of carboxylic acid groups (broad SMARTS) is 1. The van der Waals surface area contributed by atoms with Crippen molar-refractivity contribution in [3.8, 4) is 11.5 Å². The van der Waals surface area contributed by atoms with Crippen molar-refractivity contribution in [2.75, 3.05) is 25.0 Å². The van der Waals surface area contributed by atoms with E-state index in [1.165, 1.54) is 6.42 Å². The summed E-state index contributed by atoms with van der Waals surface area (Å²) in [6, 6.07) is 19.6. The molecule has 3 aromatic rings. The summed E-state index contributed by atoms with van der Waals surface area (Å²) in [6.07, 6.45) is 5.60. The second kappa shape index (κ2) is 17.2. The molecular weight excluding hydrogens is 599 g/mol. The standard InChI is InChI=1S/C35H44Cl2N2O5/c1-5-6-7-8-9-20-39(34(42)38-28-14-19-31(36)32(37)23-28)21-22-43-29-15-10-26(11-16-29)24-35(4,33(40)41)44-30-17-12-27(13-18-30)25(2)3/h10-19,23,25H,5-9,20-22,24H2,1-4H3,(H,38,42)(H,40,41). The van der Waals surface area contributed by atoms with Gasteiger partial charge in [-0.2, -0.15) is 0 Å². The summed E-state index contributed by atoms with van der Waals surface area (Å²) in [4.78, 5) is 27.1. The Morgan fingerprint density at radius 2 is 1.55 bits per heavy atom. The number of rotatable bonds is 17. The second-order valence-electron chi connectivity index (χ2n) is 11.5. The van der Waals surface area contributed by atoms with E-state index < -0.39 is 11.6 Å². The maximum absolute atomic E-state index is 13.1. The molecule has 0 saturated heterocycles. The van der Waals surface area contributed by atoms with Crippen LogP contribution in [0.15, 0.2) is 66.7 Å². The molecule has 0 spiro atoms. The Bertz CT molecular complexity index is 1350. The molecular formula is C35H44Cl2N2O5. The van der Waals surface area contributed by atoms with Crippen molar-refractivity contribution in [3.05, 3.63) is 87.9 Å². The number of hydrogen-bond acceptors (Lipinski definition) is 4. The smallest absolute Gasteiger partial charge is 0.348 e. The molecule has 0 aromatic heterocycles. The van der Waals surface area contributed by atoms with Crippen molar-refractivity contribution < 1.29 is 24.2 Å². The number of benzene rings is 3. The Kier molecular flexibility index (Phi) is 13.7. The lowest BCUT2D eigenvalue weighted by molar-refractivity contribution is -0.153. The lowest BCUT2D eigenvalue weighted by Crippen LogP contribution is -2.43. The summed E-state index contributed by atoms with van der Waals surface area (Å²) >= 11 is 12.1. The van der Waals surface area contributed by atoms with Gasteiger partial charge in [-0.1, -0.05) is 93.9 Å². The predicted octanol–water partition coefficient (Wildman–Crippen LogP) is 9.46. The van der Waals surface area contributed by atoms with Crippen LogP contribution in [0.2, 0.25) is 10.0 Å². The van der Waals surface area contributed by atoms with Gasteiger partial charge in [0.2, 0.25) is 5.60 Å². The number of carbonyl (C=O) groups is 2. The molecule has 0 fully saturated rings. The zero-order chi connectivity index (χ0) is 32.1. The Morgan fingerprint density at radius 1 is 0.886 bits per heavy atom. The number of amides is 2. The van der Waals surface area contributed by atoms with Gasteiger partial charge in [0.15, 0.2) is 0 Å². The number of urea groups is 1. The minimum Gasteiger partial charge on any atom is -0.492 e. The summed E-state index contributed by atoms with van der Waals surface area (Å²) in [6.45, 7) is 9.25. The van der Waals surface area contributed by atoms with Gasteiger partial charge in [0.1, 0.15) is 18.1 Å². The first-order valence-corrected chi connectivity index (χ1v) is 16.0. The van der Waals surface area contributed by atoms with E-state index in [1.807, 2.05) is 36.4 Å². The first kappa shape index (κ1) is 35.1. The normalized spacial score (nSPS) is 12.4. The van der Waals surface area contributed by atoms with Crippen molar-refractivity contribution in [3.63, 3.8) is 0 Å². The maximum Gasteiger partial charge on any atom is 0.348 e. The molecule has 0 saturated carbocycles. The molecule has 1 atom stereocenters. The van der Waals surface area contributed by atoms with E-state index in [0.717, 1.165) is 36.8 Å². The first-order chi connectivity index (χ1) is 21.0. The topological polar surface area (TPSA) is 88.1 Å². The average molecular weight is 644 g/mol. The van der Waals surface area contributed by atoms with Crippen LogP contribution in [0.4, 0.5) is 10.5 Å². The summed E-state index contributed by atoms with van der Waals surface area (Å²) in [7, 11) is 0. The molecule has 0 aliphatic heterocycles. The zero-order valence-corrected chi connectivity index (χ0v) is 27.6. The number of hydrogen-bond donors (Lipinski definition) is 2. The SMILES string of the molecule is CCCCCCCN(CCOc1ccc(CC(C)(Oc2ccc(C(C)C)cc2)C(=O)O)cc1)C(=O)Nc1ccc(Cl)c(Cl)c1. The van der Waals surface area contributed by atoms with Gasteiger partial charge in [-0.3, -0.25) is 0 Å². The lowest BCUT2D eigenvalue weighted by Gasteiger charge is -2.27. The number of anilines is 1. The van der Waals surface area contributed by atoms with Crippen LogP contribution < -0.4 is 14.8 Å². The van der Waals surface area contributed by atoms with E-state index in [0.29, 0.717) is 52.8 Å². The quantitative estimate of drug-likeness (QED) is 0.143. The van der Waals surface area contributed by atoms with E-state index in [9.17, 15) is 14.7 Å². The fourth-order valence-corrected chi connectivity index (χ4v) is 5.00. The van der Waals surface area contributed by atoms with E-state index in [1.54, 1.807) is 42.2 Å². The molecule has 0 radical (unpaired) electrons. The van der Waals surface area contributed by atoms with Crippen molar-refractivity contribution >= 4 is 40.9 Å². The largest absolute Gasteiger partial charge is 0.492 e. The molecule has 2 N–H and O–H groups in total. The highest BCUT2D eigenvalue weighted by Gasteiger charge is 2.36. The van der Waals surface area contributed by atoms with Gasteiger partial charge in [0, 0.05) is 18.7 Å². The van der Waals surface area contributed by atoms with Crippen LogP contribution >= 0.6 is 23.2 Å². The minimum absolute atomic E-state index is 0.176. The van der Waals surface area contributed by atoms with Crippen LogP contribution in [-0.2, 0) is 11.2 Å². The second-order valence-corrected chi connectivity index (χ2v) is 12.3. The molecule has 3 rings (SSSR count). The first-order valence-electron chi connectivity index (χ1n) is 15.3. The van der Waals surface area contributed by atoms with Crippen LogP contribution in [0.5, 0.6) is 11.5 Å². The molecule has 0 aliphatic rings. The Balaban J connectivity index is 1.58. The molecule has 1 unspecified atom stereocenters. The number of halogens is 2. The Morgan fingerprint density at radius 3 is 2.16 bits per heavy atom. The van der Waals surface area contributed by atoms with Crippen LogP contribution in [0.3, 0.4) is 0 Å². The van der Waals surface area contributed by atoms with Crippen LogP contribution in [0.25, 0.3) is 0 Å². The van der Waals surface area contributed by atoms with Gasteiger partial charge in [-0.25, -0.2) is 9.59 Å². The van der Waals surface area contributed by atoms with Crippen molar-refractivity contribution in [2.24, 2.45) is 0 Å². The number of carbonyl (C=O) groups excluding carboxylic acids is 1. The average Bonchev–Trinajstić information content (AvgIpc) is 2.99. The third-order valence-corrected chi connectivity index (χ3v) is 8.17. The number of nitrogens with zero attached hydrogens (tertiary/aromatic N) is 1. The number of unbranched alkanes of at least 4 members (excludes halogenated alkanes) is 4. The van der Waals surface area contributed by atoms with Gasteiger partial charge in [0.25, 0.3) is 0 Å². The third kappa shape index (κ3) is 10.9.